The molecule has 0 amide bonds. The molecule has 0 bridgehead atoms. The molecule has 0 saturated carbocycles. The maximum Gasteiger partial charge on any atom is 0.252 e. The molecule has 0 atom stereocenters. The normalized spacial score (nSPS) is 14.5. The largest absolute Gasteiger partial charge is 0.369 e. The number of nitrogens with zero attached hydrogens (tertiary/aromatic N) is 5. The molecular formula is C27H29FN6O. The lowest BCUT2D eigenvalue weighted by molar-refractivity contribution is 0.313. The highest BCUT2D eigenvalue weighted by molar-refractivity contribution is 5.76. The summed E-state index contributed by atoms with van der Waals surface area (Å²) in [4.78, 5) is 26.6. The first-order chi connectivity index (χ1) is 16.9. The van der Waals surface area contributed by atoms with Crippen LogP contribution < -0.4 is 15.8 Å². The van der Waals surface area contributed by atoms with Crippen LogP contribution in [0.15, 0.2) is 59.5 Å². The minimum absolute atomic E-state index is 0.194. The predicted molar refractivity (Wildman–Crippen MR) is 138 cm³/mol. The van der Waals surface area contributed by atoms with Gasteiger partial charge in [0.25, 0.3) is 5.56 Å². The number of halogens is 1. The van der Waals surface area contributed by atoms with Crippen LogP contribution in [0.5, 0.6) is 0 Å². The molecule has 35 heavy (non-hydrogen) atoms. The molecule has 5 rings (SSSR count). The van der Waals surface area contributed by atoms with E-state index in [2.05, 4.69) is 44.3 Å². The summed E-state index contributed by atoms with van der Waals surface area (Å²) in [7, 11) is 2.15. The number of nitrogens with one attached hydrogen (secondary N) is 1. The van der Waals surface area contributed by atoms with Crippen LogP contribution in [0, 0.1) is 19.7 Å². The van der Waals surface area contributed by atoms with Crippen LogP contribution in [-0.4, -0.2) is 52.7 Å². The van der Waals surface area contributed by atoms with Crippen molar-refractivity contribution in [1.82, 2.24) is 19.4 Å². The van der Waals surface area contributed by atoms with E-state index in [1.54, 1.807) is 23.8 Å². The summed E-state index contributed by atoms with van der Waals surface area (Å²) in [6.45, 7) is 7.95. The number of aryl methyl sites for hydroxylation is 1. The highest BCUT2D eigenvalue weighted by Gasteiger charge is 2.15. The monoisotopic (exact) mass is 472 g/mol. The van der Waals surface area contributed by atoms with E-state index in [0.717, 1.165) is 48.4 Å². The van der Waals surface area contributed by atoms with Crippen LogP contribution in [0.4, 0.5) is 21.7 Å². The molecule has 2 aromatic heterocycles. The van der Waals surface area contributed by atoms with E-state index in [-0.39, 0.29) is 17.9 Å². The summed E-state index contributed by atoms with van der Waals surface area (Å²) in [6, 6.07) is 14.8. The Balaban J connectivity index is 1.42. The van der Waals surface area contributed by atoms with Gasteiger partial charge < -0.3 is 15.1 Å². The number of benzene rings is 2. The molecule has 8 heteroatoms. The second-order valence-corrected chi connectivity index (χ2v) is 9.22. The van der Waals surface area contributed by atoms with E-state index in [9.17, 15) is 9.18 Å². The Labute approximate surface area is 203 Å². The Morgan fingerprint density at radius 2 is 1.74 bits per heavy atom. The van der Waals surface area contributed by atoms with E-state index in [4.69, 9.17) is 0 Å². The second-order valence-electron chi connectivity index (χ2n) is 9.22. The number of aromatic nitrogens is 3. The Bertz CT molecular complexity index is 1420. The fourth-order valence-electron chi connectivity index (χ4n) is 4.45. The van der Waals surface area contributed by atoms with Crippen LogP contribution >= 0.6 is 0 Å². The Hall–Kier alpha value is -3.78. The Morgan fingerprint density at radius 1 is 1.00 bits per heavy atom. The standard InChI is InChI=1S/C27H29FN6O/c1-18-14-21(19(2)24(28)15-18)17-34-25(35)9-4-20-16-29-27(31-26(20)34)30-22-5-7-23(8-6-22)33-12-10-32(3)11-13-33/h4-9,14-16H,10-13,17H2,1-3H3,(H,29,30,31). The summed E-state index contributed by atoms with van der Waals surface area (Å²) < 4.78 is 15.9. The van der Waals surface area contributed by atoms with Gasteiger partial charge in [-0.2, -0.15) is 4.98 Å². The van der Waals surface area contributed by atoms with Crippen molar-refractivity contribution in [3.05, 3.63) is 87.6 Å². The number of piperazine rings is 1. The Morgan fingerprint density at radius 3 is 2.49 bits per heavy atom. The zero-order valence-electron chi connectivity index (χ0n) is 20.3. The average molecular weight is 473 g/mol. The average Bonchev–Trinajstić information content (AvgIpc) is 2.85. The highest BCUT2D eigenvalue weighted by Crippen LogP contribution is 2.22. The summed E-state index contributed by atoms with van der Waals surface area (Å²) in [6.07, 6.45) is 1.70. The quantitative estimate of drug-likeness (QED) is 0.472. The van der Waals surface area contributed by atoms with Gasteiger partial charge >= 0.3 is 0 Å². The molecule has 0 unspecified atom stereocenters. The topological polar surface area (TPSA) is 66.3 Å². The van der Waals surface area contributed by atoms with E-state index in [0.29, 0.717) is 17.2 Å². The van der Waals surface area contributed by atoms with Gasteiger partial charge in [-0.1, -0.05) is 6.07 Å². The molecule has 4 aromatic rings. The zero-order valence-corrected chi connectivity index (χ0v) is 20.3. The number of pyridine rings is 1. The third-order valence-electron chi connectivity index (χ3n) is 6.64. The lowest BCUT2D eigenvalue weighted by Crippen LogP contribution is -2.44. The van der Waals surface area contributed by atoms with Crippen molar-refractivity contribution in [2.24, 2.45) is 0 Å². The number of anilines is 3. The summed E-state index contributed by atoms with van der Waals surface area (Å²) in [5, 5.41) is 3.99. The number of likely N-dealkylation sites (N-methyl/N-ethyl adjacent to an activating group) is 1. The van der Waals surface area contributed by atoms with Crippen LogP contribution in [0.1, 0.15) is 16.7 Å². The van der Waals surface area contributed by atoms with Crippen molar-refractivity contribution in [3.8, 4) is 0 Å². The first-order valence-electron chi connectivity index (χ1n) is 11.8. The van der Waals surface area contributed by atoms with Crippen molar-refractivity contribution in [1.29, 1.82) is 0 Å². The molecule has 1 N–H and O–H groups in total. The molecule has 1 fully saturated rings. The minimum atomic E-state index is -0.273. The van der Waals surface area contributed by atoms with Crippen LogP contribution in [0.2, 0.25) is 0 Å². The lowest BCUT2D eigenvalue weighted by Gasteiger charge is -2.34. The van der Waals surface area contributed by atoms with Gasteiger partial charge in [-0.05, 0) is 74.0 Å². The summed E-state index contributed by atoms with van der Waals surface area (Å²) >= 11 is 0. The zero-order chi connectivity index (χ0) is 24.5. The van der Waals surface area contributed by atoms with Crippen LogP contribution in [-0.2, 0) is 6.54 Å². The van der Waals surface area contributed by atoms with Crippen molar-refractivity contribution in [2.75, 3.05) is 43.4 Å². The minimum Gasteiger partial charge on any atom is -0.369 e. The fraction of sp³-hybridized carbons (Fsp3) is 0.296. The smallest absolute Gasteiger partial charge is 0.252 e. The van der Waals surface area contributed by atoms with Crippen molar-refractivity contribution >= 4 is 28.4 Å². The number of fused-ring (bicyclic) bond motifs is 1. The second kappa shape index (κ2) is 9.46. The van der Waals surface area contributed by atoms with Gasteiger partial charge in [0.05, 0.1) is 6.54 Å². The summed E-state index contributed by atoms with van der Waals surface area (Å²) in [5.74, 6) is 0.127. The maximum atomic E-state index is 14.3. The first kappa shape index (κ1) is 23.0. The third kappa shape index (κ3) is 4.88. The summed E-state index contributed by atoms with van der Waals surface area (Å²) in [5.41, 5.74) is 4.47. The molecule has 1 aliphatic heterocycles. The highest BCUT2D eigenvalue weighted by atomic mass is 19.1. The van der Waals surface area contributed by atoms with Gasteiger partial charge in [0.2, 0.25) is 5.95 Å². The van der Waals surface area contributed by atoms with Crippen molar-refractivity contribution in [3.63, 3.8) is 0 Å². The molecular weight excluding hydrogens is 443 g/mol. The van der Waals surface area contributed by atoms with Gasteiger partial charge in [0.15, 0.2) is 0 Å². The number of hydrogen-bond donors (Lipinski definition) is 1. The van der Waals surface area contributed by atoms with E-state index in [1.165, 1.54) is 17.8 Å². The van der Waals surface area contributed by atoms with Gasteiger partial charge in [-0.3, -0.25) is 9.36 Å². The fourth-order valence-corrected chi connectivity index (χ4v) is 4.45. The third-order valence-corrected chi connectivity index (χ3v) is 6.64. The molecule has 3 heterocycles. The molecule has 7 nitrogen and oxygen atoms in total. The van der Waals surface area contributed by atoms with Crippen molar-refractivity contribution < 1.29 is 4.39 Å². The number of hydrogen-bond acceptors (Lipinski definition) is 6. The molecule has 2 aromatic carbocycles. The van der Waals surface area contributed by atoms with Gasteiger partial charge in [0.1, 0.15) is 11.5 Å². The molecule has 0 spiro atoms. The van der Waals surface area contributed by atoms with Crippen LogP contribution in [0.3, 0.4) is 0 Å². The first-order valence-corrected chi connectivity index (χ1v) is 11.8. The van der Waals surface area contributed by atoms with Gasteiger partial charge in [-0.25, -0.2) is 9.37 Å². The molecule has 1 saturated heterocycles. The van der Waals surface area contributed by atoms with Gasteiger partial charge in [0, 0.05) is 55.2 Å². The SMILES string of the molecule is Cc1cc(F)c(C)c(Cn2c(=O)ccc3cnc(Nc4ccc(N5CCN(C)CC5)cc4)nc32)c1. The molecule has 1 aliphatic rings. The lowest BCUT2D eigenvalue weighted by atomic mass is 10.0. The molecule has 0 aliphatic carbocycles. The van der Waals surface area contributed by atoms with Crippen molar-refractivity contribution in [2.45, 2.75) is 20.4 Å². The van der Waals surface area contributed by atoms with E-state index in [1.807, 2.05) is 25.1 Å². The Kier molecular flexibility index (Phi) is 6.21. The predicted octanol–water partition coefficient (Wildman–Crippen LogP) is 4.09. The maximum absolute atomic E-state index is 14.3. The molecule has 0 radical (unpaired) electrons. The van der Waals surface area contributed by atoms with E-state index < -0.39 is 0 Å². The van der Waals surface area contributed by atoms with E-state index >= 15 is 0 Å². The number of rotatable bonds is 5. The molecule has 180 valence electrons. The van der Waals surface area contributed by atoms with Gasteiger partial charge in [-0.15, -0.1) is 0 Å². The van der Waals surface area contributed by atoms with Crippen LogP contribution in [0.25, 0.3) is 11.0 Å².